The molecule has 2 heterocycles. The van der Waals surface area contributed by atoms with Gasteiger partial charge in [0.05, 0.1) is 13.3 Å². The van der Waals surface area contributed by atoms with Gasteiger partial charge in [0.15, 0.2) is 11.4 Å². The Morgan fingerprint density at radius 2 is 1.84 bits per heavy atom. The van der Waals surface area contributed by atoms with Gasteiger partial charge in [-0.1, -0.05) is 30.0 Å². The van der Waals surface area contributed by atoms with Crippen LogP contribution >= 0.6 is 11.8 Å². The molecule has 0 unspecified atom stereocenters. The minimum Gasteiger partial charge on any atom is -0.497 e. The first-order valence-corrected chi connectivity index (χ1v) is 9.85. The molecule has 0 saturated carbocycles. The zero-order chi connectivity index (χ0) is 21.8. The molecule has 3 aromatic rings. The number of anilines is 2. The third kappa shape index (κ3) is 3.78. The Balaban J connectivity index is 1.77. The lowest BCUT2D eigenvalue weighted by Crippen LogP contribution is -2.20. The Hall–Kier alpha value is -4.34. The van der Waals surface area contributed by atoms with E-state index in [9.17, 15) is 15.3 Å². The summed E-state index contributed by atoms with van der Waals surface area (Å²) in [5, 5.41) is 23.3. The number of rotatable bonds is 4. The number of nitrogens with zero attached hydrogens (tertiary/aromatic N) is 6. The molecular weight excluding hydrogens is 412 g/mol. The number of hydrogen-bond donors (Lipinski definition) is 0. The summed E-state index contributed by atoms with van der Waals surface area (Å²) in [6.45, 7) is 0. The molecule has 8 nitrogen and oxygen atoms in total. The van der Waals surface area contributed by atoms with Crippen LogP contribution in [0.4, 0.5) is 11.5 Å². The average molecular weight is 426 g/mol. The summed E-state index contributed by atoms with van der Waals surface area (Å²) >= 11 is 1.04. The van der Waals surface area contributed by atoms with E-state index >= 15 is 0 Å². The van der Waals surface area contributed by atoms with Crippen LogP contribution < -0.4 is 15.2 Å². The lowest BCUT2D eigenvalue weighted by molar-refractivity contribution is 0.415. The van der Waals surface area contributed by atoms with Gasteiger partial charge in [-0.3, -0.25) is 9.69 Å². The molecule has 1 aromatic heterocycles. The van der Waals surface area contributed by atoms with E-state index in [1.807, 2.05) is 54.6 Å². The number of fused-ring (bicyclic) bond motifs is 1. The summed E-state index contributed by atoms with van der Waals surface area (Å²) in [5.74, 6) is 1.08. The molecule has 2 aromatic carbocycles. The van der Waals surface area contributed by atoms with E-state index in [1.54, 1.807) is 24.1 Å². The van der Waals surface area contributed by atoms with Crippen LogP contribution in [-0.4, -0.2) is 23.0 Å². The van der Waals surface area contributed by atoms with Crippen LogP contribution in [0.3, 0.4) is 0 Å². The second-order valence-electron chi connectivity index (χ2n) is 6.24. The fourth-order valence-corrected chi connectivity index (χ4v) is 3.99. The van der Waals surface area contributed by atoms with E-state index in [0.29, 0.717) is 16.5 Å². The number of methoxy groups -OCH3 is 1. The van der Waals surface area contributed by atoms with Crippen LogP contribution in [0.5, 0.6) is 5.75 Å². The lowest BCUT2D eigenvalue weighted by Gasteiger charge is -2.19. The first-order valence-electron chi connectivity index (χ1n) is 9.04. The van der Waals surface area contributed by atoms with E-state index in [1.165, 1.54) is 12.5 Å². The molecule has 0 fully saturated rings. The Bertz CT molecular complexity index is 1320. The Kier molecular flexibility index (Phi) is 5.52. The minimum absolute atomic E-state index is 0.0977. The molecule has 150 valence electrons. The quantitative estimate of drug-likeness (QED) is 0.463. The molecule has 0 aliphatic carbocycles. The van der Waals surface area contributed by atoms with E-state index in [4.69, 9.17) is 4.74 Å². The van der Waals surface area contributed by atoms with Crippen molar-refractivity contribution < 1.29 is 4.74 Å². The maximum Gasteiger partial charge on any atom is 0.290 e. The Morgan fingerprint density at radius 3 is 2.48 bits per heavy atom. The van der Waals surface area contributed by atoms with Gasteiger partial charge in [-0.2, -0.15) is 20.3 Å². The molecule has 0 bridgehead atoms. The van der Waals surface area contributed by atoms with Gasteiger partial charge in [0, 0.05) is 5.69 Å². The van der Waals surface area contributed by atoms with Crippen LogP contribution in [-0.2, 0) is 0 Å². The molecular formula is C22H14N6O2S. The Morgan fingerprint density at radius 1 is 1.13 bits per heavy atom. The van der Waals surface area contributed by atoms with Crippen molar-refractivity contribution in [3.05, 3.63) is 87.4 Å². The van der Waals surface area contributed by atoms with Crippen molar-refractivity contribution >= 4 is 29.5 Å². The molecule has 1 aliphatic rings. The van der Waals surface area contributed by atoms with Gasteiger partial charge in [0.25, 0.3) is 5.56 Å². The number of aromatic nitrogens is 2. The minimum atomic E-state index is -0.397. The van der Waals surface area contributed by atoms with Crippen LogP contribution in [0, 0.1) is 22.7 Å². The molecule has 0 radical (unpaired) electrons. The summed E-state index contributed by atoms with van der Waals surface area (Å²) in [4.78, 5) is 19.4. The largest absolute Gasteiger partial charge is 0.497 e. The third-order valence-corrected chi connectivity index (χ3v) is 5.55. The highest BCUT2D eigenvalue weighted by molar-refractivity contribution is 8.03. The zero-order valence-electron chi connectivity index (χ0n) is 16.3. The van der Waals surface area contributed by atoms with Crippen molar-refractivity contribution in [3.8, 4) is 17.9 Å². The van der Waals surface area contributed by atoms with Gasteiger partial charge in [-0.25, -0.2) is 4.98 Å². The first kappa shape index (κ1) is 20.0. The van der Waals surface area contributed by atoms with Crippen LogP contribution in [0.2, 0.25) is 0 Å². The summed E-state index contributed by atoms with van der Waals surface area (Å²) < 4.78 is 6.25. The molecule has 31 heavy (non-hydrogen) atoms. The second-order valence-corrected chi connectivity index (χ2v) is 7.24. The number of benzene rings is 2. The highest BCUT2D eigenvalue weighted by atomic mass is 32.2. The molecule has 1 aliphatic heterocycles. The van der Waals surface area contributed by atoms with Crippen molar-refractivity contribution in [1.29, 1.82) is 10.5 Å². The summed E-state index contributed by atoms with van der Waals surface area (Å²) in [6.07, 6.45) is 2.86. The SMILES string of the molecule is COc1ccc(/C=N/n2cnc3c(c2=O)SC(=C(C#N)C#N)N3c2ccccc2)cc1. The number of allylic oxidation sites excluding steroid dienone is 1. The fraction of sp³-hybridized carbons (Fsp3) is 0.0455. The number of thioether (sulfide) groups is 1. The fourth-order valence-electron chi connectivity index (χ4n) is 2.91. The maximum atomic E-state index is 13.1. The monoisotopic (exact) mass is 426 g/mol. The normalized spacial score (nSPS) is 12.4. The predicted octanol–water partition coefficient (Wildman–Crippen LogP) is 3.64. The molecule has 0 spiro atoms. The highest BCUT2D eigenvalue weighted by Crippen LogP contribution is 2.47. The van der Waals surface area contributed by atoms with Crippen LogP contribution in [0.15, 0.2) is 86.3 Å². The number of ether oxygens (including phenoxy) is 1. The zero-order valence-corrected chi connectivity index (χ0v) is 17.1. The molecule has 4 rings (SSSR count). The van der Waals surface area contributed by atoms with Gasteiger partial charge in [-0.15, -0.1) is 0 Å². The second kappa shape index (κ2) is 8.57. The van der Waals surface area contributed by atoms with Crippen molar-refractivity contribution in [3.63, 3.8) is 0 Å². The standard InChI is InChI=1S/C22H14N6O2S/c1-30-18-9-7-15(8-10-18)13-26-27-14-25-20-19(21(27)29)31-22(16(11-23)12-24)28(20)17-5-3-2-4-6-17/h2-10,13-14H,1H3/b26-13+. The molecule has 0 saturated heterocycles. The molecule has 9 heteroatoms. The Labute approximate surface area is 181 Å². The van der Waals surface area contributed by atoms with Crippen molar-refractivity contribution in [2.24, 2.45) is 5.10 Å². The van der Waals surface area contributed by atoms with Gasteiger partial charge in [-0.05, 0) is 42.0 Å². The summed E-state index contributed by atoms with van der Waals surface area (Å²) in [6, 6.07) is 20.1. The number of hydrogen-bond acceptors (Lipinski definition) is 8. The third-order valence-electron chi connectivity index (χ3n) is 4.41. The van der Waals surface area contributed by atoms with Gasteiger partial charge in [0.2, 0.25) is 0 Å². The smallest absolute Gasteiger partial charge is 0.290 e. The molecule has 0 atom stereocenters. The van der Waals surface area contributed by atoms with E-state index < -0.39 is 5.56 Å². The van der Waals surface area contributed by atoms with Gasteiger partial charge < -0.3 is 4.74 Å². The average Bonchev–Trinajstić information content (AvgIpc) is 3.20. The first-order chi connectivity index (χ1) is 15.2. The van der Waals surface area contributed by atoms with E-state index in [2.05, 4.69) is 10.1 Å². The lowest BCUT2D eigenvalue weighted by atomic mass is 10.2. The summed E-state index contributed by atoms with van der Waals surface area (Å²) in [5.41, 5.74) is 0.979. The van der Waals surface area contributed by atoms with Crippen LogP contribution in [0.25, 0.3) is 0 Å². The van der Waals surface area contributed by atoms with E-state index in [0.717, 1.165) is 27.8 Å². The van der Waals surface area contributed by atoms with Crippen LogP contribution in [0.1, 0.15) is 5.56 Å². The van der Waals surface area contributed by atoms with Crippen molar-refractivity contribution in [1.82, 2.24) is 9.66 Å². The van der Waals surface area contributed by atoms with Gasteiger partial charge >= 0.3 is 0 Å². The number of nitriles is 2. The molecule has 0 amide bonds. The van der Waals surface area contributed by atoms with Gasteiger partial charge in [0.1, 0.15) is 34.1 Å². The summed E-state index contributed by atoms with van der Waals surface area (Å²) in [7, 11) is 1.59. The molecule has 0 N–H and O–H groups in total. The number of para-hydroxylation sites is 1. The van der Waals surface area contributed by atoms with E-state index in [-0.39, 0.29) is 10.5 Å². The van der Waals surface area contributed by atoms with Crippen molar-refractivity contribution in [2.45, 2.75) is 4.90 Å². The van der Waals surface area contributed by atoms with Crippen molar-refractivity contribution in [2.75, 3.05) is 12.0 Å². The highest BCUT2D eigenvalue weighted by Gasteiger charge is 2.33. The topological polar surface area (TPSA) is 107 Å². The maximum absolute atomic E-state index is 13.1. The predicted molar refractivity (Wildman–Crippen MR) is 117 cm³/mol.